The van der Waals surface area contributed by atoms with Gasteiger partial charge in [-0.3, -0.25) is 0 Å². The minimum atomic E-state index is 0.655. The molecule has 10 aromatic rings. The third kappa shape index (κ3) is 4.18. The lowest BCUT2D eigenvalue weighted by atomic mass is 9.93. The van der Waals surface area contributed by atoms with Crippen LogP contribution >= 0.6 is 0 Å². The quantitative estimate of drug-likeness (QED) is 0.187. The Morgan fingerprint density at radius 3 is 1.25 bits per heavy atom. The first-order valence-corrected chi connectivity index (χ1v) is 16.3. The number of fused-ring (bicyclic) bond motifs is 11. The second kappa shape index (κ2) is 10.5. The van der Waals surface area contributed by atoms with Crippen molar-refractivity contribution in [2.45, 2.75) is 0 Å². The van der Waals surface area contributed by atoms with Crippen LogP contribution in [0.25, 0.3) is 98.8 Å². The summed E-state index contributed by atoms with van der Waals surface area (Å²) in [5.74, 6) is 1.96. The lowest BCUT2D eigenvalue weighted by molar-refractivity contribution is 1.08. The Bertz CT molecular complexity index is 2860. The van der Waals surface area contributed by atoms with Crippen LogP contribution in [0, 0.1) is 0 Å². The molecule has 0 radical (unpaired) electrons. The molecular formula is C45H27N3. The van der Waals surface area contributed by atoms with E-state index >= 15 is 0 Å². The summed E-state index contributed by atoms with van der Waals surface area (Å²) in [6.45, 7) is 0. The second-order valence-corrected chi connectivity index (χ2v) is 12.4. The maximum absolute atomic E-state index is 5.16. The maximum Gasteiger partial charge on any atom is 0.164 e. The first kappa shape index (κ1) is 26.7. The Balaban J connectivity index is 1.21. The van der Waals surface area contributed by atoms with Gasteiger partial charge >= 0.3 is 0 Å². The number of benzene rings is 9. The van der Waals surface area contributed by atoms with Crippen molar-refractivity contribution in [1.29, 1.82) is 0 Å². The van der Waals surface area contributed by atoms with Gasteiger partial charge < -0.3 is 0 Å². The molecule has 0 aliphatic heterocycles. The van der Waals surface area contributed by atoms with Crippen molar-refractivity contribution >= 4 is 64.6 Å². The molecule has 0 bridgehead atoms. The largest absolute Gasteiger partial charge is 0.208 e. The zero-order valence-corrected chi connectivity index (χ0v) is 25.9. The van der Waals surface area contributed by atoms with Gasteiger partial charge in [0.2, 0.25) is 0 Å². The summed E-state index contributed by atoms with van der Waals surface area (Å²) in [7, 11) is 0. The lowest BCUT2D eigenvalue weighted by Crippen LogP contribution is -2.00. The van der Waals surface area contributed by atoms with Gasteiger partial charge in [0.05, 0.1) is 0 Å². The highest BCUT2D eigenvalue weighted by atomic mass is 15.0. The number of hydrogen-bond acceptors (Lipinski definition) is 3. The smallest absolute Gasteiger partial charge is 0.164 e. The summed E-state index contributed by atoms with van der Waals surface area (Å²) in [6, 6.07) is 58.1. The highest BCUT2D eigenvalue weighted by molar-refractivity contribution is 6.25. The molecule has 0 unspecified atom stereocenters. The van der Waals surface area contributed by atoms with Crippen molar-refractivity contribution in [3.05, 3.63) is 164 Å². The van der Waals surface area contributed by atoms with Crippen LogP contribution in [0.15, 0.2) is 164 Å². The van der Waals surface area contributed by atoms with Crippen molar-refractivity contribution in [2.24, 2.45) is 0 Å². The molecule has 222 valence electrons. The van der Waals surface area contributed by atoms with E-state index < -0.39 is 0 Å². The number of aromatic nitrogens is 3. The Kier molecular flexibility index (Phi) is 5.87. The van der Waals surface area contributed by atoms with Gasteiger partial charge in [-0.25, -0.2) is 15.0 Å². The van der Waals surface area contributed by atoms with E-state index in [2.05, 4.69) is 146 Å². The van der Waals surface area contributed by atoms with Crippen LogP contribution < -0.4 is 0 Å². The standard InChI is InChI=1S/C45H27N3/c1-2-11-30(12-3-1)43-46-44(31-19-18-29-21-23-38-33-13-5-4-10-28(33)20-24-39(38)41(29)26-31)48-45(47-43)32-22-25-40-36-16-7-6-14-34(36)35-15-8-9-17-37(35)42(40)27-32/h1-27H. The van der Waals surface area contributed by atoms with Gasteiger partial charge in [-0.15, -0.1) is 0 Å². The van der Waals surface area contributed by atoms with Gasteiger partial charge in [0, 0.05) is 16.7 Å². The van der Waals surface area contributed by atoms with E-state index in [1.165, 1.54) is 64.6 Å². The summed E-state index contributed by atoms with van der Waals surface area (Å²) in [6.07, 6.45) is 0. The Hall–Kier alpha value is -6.45. The number of rotatable bonds is 3. The Labute approximate surface area is 276 Å². The molecule has 0 N–H and O–H groups in total. The fraction of sp³-hybridized carbons (Fsp3) is 0. The molecular weight excluding hydrogens is 583 g/mol. The zero-order valence-electron chi connectivity index (χ0n) is 25.9. The van der Waals surface area contributed by atoms with E-state index in [0.717, 1.165) is 16.7 Å². The van der Waals surface area contributed by atoms with Crippen LogP contribution in [-0.2, 0) is 0 Å². The molecule has 10 rings (SSSR count). The molecule has 3 nitrogen and oxygen atoms in total. The van der Waals surface area contributed by atoms with Crippen LogP contribution in [0.3, 0.4) is 0 Å². The molecule has 0 saturated carbocycles. The average molecular weight is 610 g/mol. The molecule has 9 aromatic carbocycles. The van der Waals surface area contributed by atoms with Crippen molar-refractivity contribution in [3.63, 3.8) is 0 Å². The van der Waals surface area contributed by atoms with Gasteiger partial charge in [0.1, 0.15) is 0 Å². The molecule has 1 aromatic heterocycles. The molecule has 48 heavy (non-hydrogen) atoms. The fourth-order valence-corrected chi connectivity index (χ4v) is 7.35. The molecule has 0 fully saturated rings. The fourth-order valence-electron chi connectivity index (χ4n) is 7.35. The van der Waals surface area contributed by atoms with Crippen molar-refractivity contribution in [3.8, 4) is 34.2 Å². The van der Waals surface area contributed by atoms with E-state index in [-0.39, 0.29) is 0 Å². The summed E-state index contributed by atoms with van der Waals surface area (Å²) in [5, 5.41) is 14.7. The normalized spacial score (nSPS) is 11.8. The van der Waals surface area contributed by atoms with Crippen LogP contribution in [0.5, 0.6) is 0 Å². The summed E-state index contributed by atoms with van der Waals surface area (Å²) in [4.78, 5) is 15.3. The van der Waals surface area contributed by atoms with Gasteiger partial charge in [-0.05, 0) is 76.8 Å². The second-order valence-electron chi connectivity index (χ2n) is 12.4. The maximum atomic E-state index is 5.16. The summed E-state index contributed by atoms with van der Waals surface area (Å²) >= 11 is 0. The van der Waals surface area contributed by atoms with Crippen molar-refractivity contribution in [2.75, 3.05) is 0 Å². The highest BCUT2D eigenvalue weighted by Crippen LogP contribution is 2.38. The highest BCUT2D eigenvalue weighted by Gasteiger charge is 2.16. The first-order chi connectivity index (χ1) is 23.8. The predicted molar refractivity (Wildman–Crippen MR) is 201 cm³/mol. The van der Waals surface area contributed by atoms with Gasteiger partial charge in [0.15, 0.2) is 17.5 Å². The SMILES string of the molecule is c1ccc(-c2nc(-c3ccc4ccc5c6ccccc6ccc5c4c3)nc(-c3ccc4c5ccccc5c5ccccc5c4c3)n2)cc1. The topological polar surface area (TPSA) is 38.7 Å². The van der Waals surface area contributed by atoms with Gasteiger partial charge in [-0.2, -0.15) is 0 Å². The minimum Gasteiger partial charge on any atom is -0.208 e. The molecule has 0 spiro atoms. The molecule has 0 saturated heterocycles. The molecule has 0 atom stereocenters. The minimum absolute atomic E-state index is 0.655. The third-order valence-corrected chi connectivity index (χ3v) is 9.67. The molecule has 1 heterocycles. The summed E-state index contributed by atoms with van der Waals surface area (Å²) in [5.41, 5.74) is 2.88. The number of hydrogen-bond donors (Lipinski definition) is 0. The van der Waals surface area contributed by atoms with Crippen LogP contribution in [0.1, 0.15) is 0 Å². The predicted octanol–water partition coefficient (Wildman–Crippen LogP) is 11.8. The van der Waals surface area contributed by atoms with Crippen molar-refractivity contribution in [1.82, 2.24) is 15.0 Å². The van der Waals surface area contributed by atoms with E-state index in [4.69, 9.17) is 15.0 Å². The number of nitrogens with zero attached hydrogens (tertiary/aromatic N) is 3. The van der Waals surface area contributed by atoms with Crippen LogP contribution in [0.4, 0.5) is 0 Å². The molecule has 3 heteroatoms. The molecule has 0 amide bonds. The zero-order chi connectivity index (χ0) is 31.6. The lowest BCUT2D eigenvalue weighted by Gasteiger charge is -2.13. The monoisotopic (exact) mass is 609 g/mol. The average Bonchev–Trinajstić information content (AvgIpc) is 3.17. The van der Waals surface area contributed by atoms with E-state index in [1.807, 2.05) is 18.2 Å². The van der Waals surface area contributed by atoms with Crippen molar-refractivity contribution < 1.29 is 0 Å². The molecule has 0 aliphatic rings. The van der Waals surface area contributed by atoms with E-state index in [9.17, 15) is 0 Å². The third-order valence-electron chi connectivity index (χ3n) is 9.67. The van der Waals surface area contributed by atoms with E-state index in [0.29, 0.717) is 17.5 Å². The van der Waals surface area contributed by atoms with E-state index in [1.54, 1.807) is 0 Å². The molecule has 0 aliphatic carbocycles. The Morgan fingerprint density at radius 2 is 0.604 bits per heavy atom. The van der Waals surface area contributed by atoms with Crippen LogP contribution in [-0.4, -0.2) is 15.0 Å². The summed E-state index contributed by atoms with van der Waals surface area (Å²) < 4.78 is 0. The van der Waals surface area contributed by atoms with Crippen LogP contribution in [0.2, 0.25) is 0 Å². The van der Waals surface area contributed by atoms with Gasteiger partial charge in [0.25, 0.3) is 0 Å². The van der Waals surface area contributed by atoms with Gasteiger partial charge in [-0.1, -0.05) is 152 Å². The Morgan fingerprint density at radius 1 is 0.229 bits per heavy atom. The first-order valence-electron chi connectivity index (χ1n) is 16.3.